The van der Waals surface area contributed by atoms with Crippen LogP contribution in [0.25, 0.3) is 0 Å². The van der Waals surface area contributed by atoms with Gasteiger partial charge in [-0.05, 0) is 59.8 Å². The number of ether oxygens (including phenoxy) is 1. The van der Waals surface area contributed by atoms with Gasteiger partial charge in [-0.2, -0.15) is 0 Å². The zero-order valence-corrected chi connectivity index (χ0v) is 14.0. The Kier molecular flexibility index (Phi) is 5.37. The van der Waals surface area contributed by atoms with E-state index in [2.05, 4.69) is 27.9 Å². The van der Waals surface area contributed by atoms with Crippen LogP contribution in [0.4, 0.5) is 5.69 Å². The number of halogens is 1. The Balaban J connectivity index is 1.93. The van der Waals surface area contributed by atoms with E-state index < -0.39 is 18.5 Å². The fourth-order valence-corrected chi connectivity index (χ4v) is 2.33. The third-order valence-corrected chi connectivity index (χ3v) is 3.49. The van der Waals surface area contributed by atoms with Gasteiger partial charge in [-0.15, -0.1) is 0 Å². The molecule has 6 heteroatoms. The highest BCUT2D eigenvalue weighted by atomic mass is 127. The maximum Gasteiger partial charge on any atom is 0.342 e. The first-order valence-corrected chi connectivity index (χ1v) is 7.56. The third-order valence-electron chi connectivity index (χ3n) is 2.81. The lowest BCUT2D eigenvalue weighted by molar-refractivity contribution is -0.119. The Hall–Kier alpha value is -2.09. The quantitative estimate of drug-likeness (QED) is 0.599. The van der Waals surface area contributed by atoms with E-state index in [0.717, 1.165) is 9.13 Å². The molecule has 0 radical (unpaired) electrons. The predicted octanol–water partition coefficient (Wildman–Crippen LogP) is 3.10. The van der Waals surface area contributed by atoms with E-state index >= 15 is 0 Å². The fourth-order valence-electron chi connectivity index (χ4n) is 1.79. The predicted molar refractivity (Wildman–Crippen MR) is 90.9 cm³/mol. The zero-order valence-electron chi connectivity index (χ0n) is 11.8. The Morgan fingerprint density at radius 1 is 1.23 bits per heavy atom. The molecule has 0 spiro atoms. The second-order valence-corrected chi connectivity index (χ2v) is 5.90. The van der Waals surface area contributed by atoms with Crippen molar-refractivity contribution in [2.45, 2.75) is 6.92 Å². The highest BCUT2D eigenvalue weighted by Gasteiger charge is 2.14. The summed E-state index contributed by atoms with van der Waals surface area (Å²) in [5.41, 5.74) is 1.49. The van der Waals surface area contributed by atoms with Crippen LogP contribution in [0.3, 0.4) is 0 Å². The molecule has 0 atom stereocenters. The van der Waals surface area contributed by atoms with Crippen molar-refractivity contribution >= 4 is 40.2 Å². The molecular formula is C16H14INO4. The average Bonchev–Trinajstić information content (AvgIpc) is 2.47. The molecule has 0 unspecified atom stereocenters. The van der Waals surface area contributed by atoms with Crippen LogP contribution in [-0.4, -0.2) is 23.6 Å². The largest absolute Gasteiger partial charge is 0.507 e. The summed E-state index contributed by atoms with van der Waals surface area (Å²) in [5.74, 6) is -1.35. The Morgan fingerprint density at radius 3 is 2.73 bits per heavy atom. The highest BCUT2D eigenvalue weighted by Crippen LogP contribution is 2.19. The molecule has 1 amide bonds. The van der Waals surface area contributed by atoms with Crippen LogP contribution in [-0.2, 0) is 9.53 Å². The van der Waals surface area contributed by atoms with Crippen molar-refractivity contribution in [3.63, 3.8) is 0 Å². The van der Waals surface area contributed by atoms with Crippen LogP contribution in [0.2, 0.25) is 0 Å². The number of hydrogen-bond donors (Lipinski definition) is 2. The second-order valence-electron chi connectivity index (χ2n) is 4.66. The number of anilines is 1. The number of amides is 1. The number of esters is 1. The van der Waals surface area contributed by atoms with E-state index in [9.17, 15) is 14.7 Å². The van der Waals surface area contributed by atoms with Crippen LogP contribution < -0.4 is 5.32 Å². The van der Waals surface area contributed by atoms with Gasteiger partial charge < -0.3 is 15.2 Å². The lowest BCUT2D eigenvalue weighted by atomic mass is 10.1. The molecule has 114 valence electrons. The number of aromatic hydroxyl groups is 1. The van der Waals surface area contributed by atoms with Gasteiger partial charge >= 0.3 is 5.97 Å². The lowest BCUT2D eigenvalue weighted by Crippen LogP contribution is -2.21. The number of nitrogens with one attached hydrogen (secondary N) is 1. The second kappa shape index (κ2) is 7.26. The van der Waals surface area contributed by atoms with Crippen molar-refractivity contribution in [3.05, 3.63) is 57.2 Å². The molecule has 5 nitrogen and oxygen atoms in total. The summed E-state index contributed by atoms with van der Waals surface area (Å²) in [4.78, 5) is 23.6. The number of rotatable bonds is 4. The topological polar surface area (TPSA) is 75.6 Å². The molecule has 2 rings (SSSR count). The number of carbonyl (C=O) groups is 2. The SMILES string of the molecule is Cc1ccc(O)c(C(=O)OCC(=O)Nc2cccc(I)c2)c1. The summed E-state index contributed by atoms with van der Waals surface area (Å²) in [7, 11) is 0. The van der Waals surface area contributed by atoms with Gasteiger partial charge in [-0.1, -0.05) is 17.7 Å². The molecule has 0 fully saturated rings. The van der Waals surface area contributed by atoms with Crippen molar-refractivity contribution in [1.82, 2.24) is 0 Å². The Labute approximate surface area is 141 Å². The van der Waals surface area contributed by atoms with E-state index in [-0.39, 0.29) is 11.3 Å². The smallest absolute Gasteiger partial charge is 0.342 e. The number of phenolic OH excluding ortho intramolecular Hbond substituents is 1. The highest BCUT2D eigenvalue weighted by molar-refractivity contribution is 14.1. The minimum atomic E-state index is -0.737. The van der Waals surface area contributed by atoms with Crippen molar-refractivity contribution in [1.29, 1.82) is 0 Å². The first-order valence-electron chi connectivity index (χ1n) is 6.48. The number of hydrogen-bond acceptors (Lipinski definition) is 4. The average molecular weight is 411 g/mol. The van der Waals surface area contributed by atoms with Gasteiger partial charge in [0.25, 0.3) is 5.91 Å². The van der Waals surface area contributed by atoms with E-state index in [0.29, 0.717) is 5.69 Å². The van der Waals surface area contributed by atoms with Crippen molar-refractivity contribution in [2.75, 3.05) is 11.9 Å². The first-order chi connectivity index (χ1) is 10.5. The molecule has 0 aromatic heterocycles. The molecule has 0 saturated carbocycles. The van der Waals surface area contributed by atoms with Crippen LogP contribution in [0.1, 0.15) is 15.9 Å². The minimum absolute atomic E-state index is 0.0436. The zero-order chi connectivity index (χ0) is 16.1. The normalized spacial score (nSPS) is 10.1. The molecule has 2 aromatic rings. The Bertz CT molecular complexity index is 715. The van der Waals surface area contributed by atoms with Gasteiger partial charge in [-0.25, -0.2) is 4.79 Å². The van der Waals surface area contributed by atoms with Crippen molar-refractivity contribution < 1.29 is 19.4 Å². The number of carbonyl (C=O) groups excluding carboxylic acids is 2. The molecule has 0 aliphatic rings. The Morgan fingerprint density at radius 2 is 2.00 bits per heavy atom. The third kappa shape index (κ3) is 4.45. The minimum Gasteiger partial charge on any atom is -0.507 e. The summed E-state index contributed by atoms with van der Waals surface area (Å²) in [5, 5.41) is 12.3. The molecule has 0 saturated heterocycles. The van der Waals surface area contributed by atoms with Gasteiger partial charge in [0.2, 0.25) is 0 Å². The number of phenols is 1. The lowest BCUT2D eigenvalue weighted by Gasteiger charge is -2.08. The van der Waals surface area contributed by atoms with Crippen LogP contribution >= 0.6 is 22.6 Å². The standard InChI is InChI=1S/C16H14INO4/c1-10-5-6-14(19)13(7-10)16(21)22-9-15(20)18-12-4-2-3-11(17)8-12/h2-8,19H,9H2,1H3,(H,18,20). The number of aryl methyl sites for hydroxylation is 1. The molecule has 0 bridgehead atoms. The fraction of sp³-hybridized carbons (Fsp3) is 0.125. The van der Waals surface area contributed by atoms with Gasteiger partial charge in [0.15, 0.2) is 6.61 Å². The maximum absolute atomic E-state index is 11.9. The van der Waals surface area contributed by atoms with E-state index in [1.165, 1.54) is 12.1 Å². The van der Waals surface area contributed by atoms with Gasteiger partial charge in [0.1, 0.15) is 11.3 Å². The molecule has 22 heavy (non-hydrogen) atoms. The molecule has 0 aliphatic heterocycles. The van der Waals surface area contributed by atoms with Crippen LogP contribution in [0, 0.1) is 10.5 Å². The summed E-state index contributed by atoms with van der Waals surface area (Å²) < 4.78 is 5.90. The summed E-state index contributed by atoms with van der Waals surface area (Å²) in [6, 6.07) is 11.9. The summed E-state index contributed by atoms with van der Waals surface area (Å²) in [6.45, 7) is 1.37. The number of benzene rings is 2. The molecule has 2 aromatic carbocycles. The molecule has 0 aliphatic carbocycles. The van der Waals surface area contributed by atoms with Gasteiger partial charge in [0, 0.05) is 9.26 Å². The molecular weight excluding hydrogens is 397 g/mol. The van der Waals surface area contributed by atoms with Crippen molar-refractivity contribution in [3.8, 4) is 5.75 Å². The van der Waals surface area contributed by atoms with Gasteiger partial charge in [0.05, 0.1) is 0 Å². The van der Waals surface area contributed by atoms with Crippen LogP contribution in [0.5, 0.6) is 5.75 Å². The van der Waals surface area contributed by atoms with Crippen LogP contribution in [0.15, 0.2) is 42.5 Å². The molecule has 0 heterocycles. The van der Waals surface area contributed by atoms with Gasteiger partial charge in [-0.3, -0.25) is 4.79 Å². The van der Waals surface area contributed by atoms with E-state index in [4.69, 9.17) is 4.74 Å². The molecule has 2 N–H and O–H groups in total. The van der Waals surface area contributed by atoms with Crippen molar-refractivity contribution in [2.24, 2.45) is 0 Å². The van der Waals surface area contributed by atoms with E-state index in [1.807, 2.05) is 12.1 Å². The monoisotopic (exact) mass is 411 g/mol. The maximum atomic E-state index is 11.9. The summed E-state index contributed by atoms with van der Waals surface area (Å²) >= 11 is 2.13. The first kappa shape index (κ1) is 16.3. The summed E-state index contributed by atoms with van der Waals surface area (Å²) in [6.07, 6.45) is 0. The van der Waals surface area contributed by atoms with E-state index in [1.54, 1.807) is 25.1 Å².